The van der Waals surface area contributed by atoms with Crippen molar-refractivity contribution >= 4 is 11.9 Å². The summed E-state index contributed by atoms with van der Waals surface area (Å²) < 4.78 is 5.33. The number of carboxylic acid groups (broad SMARTS) is 1. The lowest BCUT2D eigenvalue weighted by Crippen LogP contribution is -2.22. The molecule has 0 radical (unpaired) electrons. The van der Waals surface area contributed by atoms with Crippen LogP contribution >= 0.6 is 0 Å². The van der Waals surface area contributed by atoms with E-state index in [1.807, 2.05) is 24.3 Å². The van der Waals surface area contributed by atoms with Gasteiger partial charge < -0.3 is 14.8 Å². The van der Waals surface area contributed by atoms with E-state index >= 15 is 0 Å². The molecule has 1 aromatic heterocycles. The van der Waals surface area contributed by atoms with Crippen molar-refractivity contribution in [2.75, 3.05) is 0 Å². The van der Waals surface area contributed by atoms with E-state index in [0.29, 0.717) is 24.6 Å². The van der Waals surface area contributed by atoms with Gasteiger partial charge in [-0.2, -0.15) is 0 Å². The maximum absolute atomic E-state index is 12.1. The van der Waals surface area contributed by atoms with Crippen LogP contribution in [0.3, 0.4) is 0 Å². The molecule has 0 fully saturated rings. The number of carbonyl (C=O) groups excluding carboxylic acids is 1. The average Bonchev–Trinajstić information content (AvgIpc) is 2.97. The lowest BCUT2D eigenvalue weighted by atomic mass is 10.0. The Balaban J connectivity index is 2.03. The molecule has 1 aromatic carbocycles. The zero-order valence-corrected chi connectivity index (χ0v) is 13.6. The van der Waals surface area contributed by atoms with Gasteiger partial charge in [-0.05, 0) is 17.0 Å². The number of hydrogen-bond acceptors (Lipinski definition) is 3. The highest BCUT2D eigenvalue weighted by atomic mass is 16.4. The minimum absolute atomic E-state index is 0.0260. The van der Waals surface area contributed by atoms with Crippen molar-refractivity contribution < 1.29 is 19.1 Å². The summed E-state index contributed by atoms with van der Waals surface area (Å²) in [5.41, 5.74) is 2.26. The van der Waals surface area contributed by atoms with E-state index in [0.717, 1.165) is 5.56 Å². The van der Waals surface area contributed by atoms with Crippen molar-refractivity contribution in [3.63, 3.8) is 0 Å². The summed E-state index contributed by atoms with van der Waals surface area (Å²) in [7, 11) is 0. The molecule has 122 valence electrons. The van der Waals surface area contributed by atoms with Crippen LogP contribution in [0.4, 0.5) is 0 Å². The van der Waals surface area contributed by atoms with E-state index in [-0.39, 0.29) is 11.3 Å². The molecule has 0 bridgehead atoms. The number of aryl methyl sites for hydroxylation is 1. The summed E-state index contributed by atoms with van der Waals surface area (Å²) in [5, 5.41) is 11.8. The lowest BCUT2D eigenvalue weighted by Gasteiger charge is -2.07. The van der Waals surface area contributed by atoms with Crippen molar-refractivity contribution in [3.05, 3.63) is 58.5 Å². The van der Waals surface area contributed by atoms with E-state index < -0.39 is 11.9 Å². The van der Waals surface area contributed by atoms with Gasteiger partial charge in [0, 0.05) is 19.0 Å². The fourth-order valence-corrected chi connectivity index (χ4v) is 2.27. The molecule has 23 heavy (non-hydrogen) atoms. The van der Waals surface area contributed by atoms with Crippen LogP contribution in [0.15, 0.2) is 34.7 Å². The fourth-order valence-electron chi connectivity index (χ4n) is 2.27. The highest BCUT2D eigenvalue weighted by Gasteiger charge is 2.19. The molecule has 5 heteroatoms. The smallest absolute Gasteiger partial charge is 0.339 e. The van der Waals surface area contributed by atoms with Crippen LogP contribution in [0.5, 0.6) is 0 Å². The minimum Gasteiger partial charge on any atom is -0.478 e. The first kappa shape index (κ1) is 16.8. The number of furan rings is 1. The molecule has 0 spiro atoms. The van der Waals surface area contributed by atoms with Crippen LogP contribution in [-0.2, 0) is 13.0 Å². The van der Waals surface area contributed by atoms with Crippen LogP contribution in [-0.4, -0.2) is 17.0 Å². The van der Waals surface area contributed by atoms with Gasteiger partial charge in [0.1, 0.15) is 11.3 Å². The molecule has 0 aliphatic carbocycles. The first-order chi connectivity index (χ1) is 10.9. The number of rotatable bonds is 6. The second kappa shape index (κ2) is 7.13. The first-order valence-electron chi connectivity index (χ1n) is 7.65. The topological polar surface area (TPSA) is 79.5 Å². The molecule has 0 atom stereocenters. The van der Waals surface area contributed by atoms with E-state index in [4.69, 9.17) is 9.52 Å². The summed E-state index contributed by atoms with van der Waals surface area (Å²) >= 11 is 0. The second-order valence-electron chi connectivity index (χ2n) is 5.69. The Labute approximate surface area is 135 Å². The molecule has 5 nitrogen and oxygen atoms in total. The highest BCUT2D eigenvalue weighted by Crippen LogP contribution is 2.17. The van der Waals surface area contributed by atoms with E-state index in [1.165, 1.54) is 11.6 Å². The molecule has 0 aliphatic heterocycles. The maximum Gasteiger partial charge on any atom is 0.339 e. The van der Waals surface area contributed by atoms with Crippen LogP contribution < -0.4 is 5.32 Å². The van der Waals surface area contributed by atoms with Gasteiger partial charge in [0.05, 0.1) is 0 Å². The molecule has 1 amide bonds. The van der Waals surface area contributed by atoms with Crippen molar-refractivity contribution in [1.82, 2.24) is 5.32 Å². The van der Waals surface area contributed by atoms with Gasteiger partial charge in [0.15, 0.2) is 5.76 Å². The number of benzene rings is 1. The summed E-state index contributed by atoms with van der Waals surface area (Å²) in [6.07, 6.45) is 0.422. The number of hydrogen-bond donors (Lipinski definition) is 2. The molecule has 0 saturated heterocycles. The molecular weight excluding hydrogens is 294 g/mol. The molecule has 0 unspecified atom stereocenters. The molecular formula is C18H21NO4. The lowest BCUT2D eigenvalue weighted by molar-refractivity contribution is 0.0694. The third-order valence-electron chi connectivity index (χ3n) is 3.68. The standard InChI is InChI=1S/C18H21NO4/c1-4-15-14(18(21)22)9-16(23-15)17(20)19-10-12-5-7-13(8-6-12)11(2)3/h5-9,11H,4,10H2,1-3H3,(H,19,20)(H,21,22). The molecule has 2 aromatic rings. The zero-order valence-electron chi connectivity index (χ0n) is 13.6. The number of carboxylic acids is 1. The van der Waals surface area contributed by atoms with Crippen molar-refractivity contribution in [2.45, 2.75) is 39.7 Å². The van der Waals surface area contributed by atoms with Crippen LogP contribution in [0.2, 0.25) is 0 Å². The molecule has 1 heterocycles. The van der Waals surface area contributed by atoms with Gasteiger partial charge >= 0.3 is 5.97 Å². The number of nitrogens with one attached hydrogen (secondary N) is 1. The third kappa shape index (κ3) is 4.00. The predicted molar refractivity (Wildman–Crippen MR) is 86.7 cm³/mol. The normalized spacial score (nSPS) is 10.8. The van der Waals surface area contributed by atoms with Gasteiger partial charge in [-0.25, -0.2) is 4.79 Å². The molecule has 0 aliphatic rings. The Hall–Kier alpha value is -2.56. The van der Waals surface area contributed by atoms with Crippen molar-refractivity contribution in [2.24, 2.45) is 0 Å². The quantitative estimate of drug-likeness (QED) is 0.853. The maximum atomic E-state index is 12.1. The monoisotopic (exact) mass is 315 g/mol. The zero-order chi connectivity index (χ0) is 17.0. The van der Waals surface area contributed by atoms with Crippen LogP contribution in [0.1, 0.15) is 64.5 Å². The van der Waals surface area contributed by atoms with Crippen LogP contribution in [0.25, 0.3) is 0 Å². The Bertz CT molecular complexity index is 698. The Morgan fingerprint density at radius 1 is 1.22 bits per heavy atom. The first-order valence-corrected chi connectivity index (χ1v) is 7.65. The van der Waals surface area contributed by atoms with E-state index in [1.54, 1.807) is 6.92 Å². The predicted octanol–water partition coefficient (Wildman–Crippen LogP) is 3.59. The van der Waals surface area contributed by atoms with Gasteiger partial charge in [-0.15, -0.1) is 0 Å². The molecule has 2 rings (SSSR count). The number of amides is 1. The van der Waals surface area contributed by atoms with E-state index in [9.17, 15) is 9.59 Å². The number of aromatic carboxylic acids is 1. The fraction of sp³-hybridized carbons (Fsp3) is 0.333. The van der Waals surface area contributed by atoms with Gasteiger partial charge in [-0.3, -0.25) is 4.79 Å². The Morgan fingerprint density at radius 3 is 2.35 bits per heavy atom. The van der Waals surface area contributed by atoms with Gasteiger partial charge in [0.2, 0.25) is 0 Å². The van der Waals surface area contributed by atoms with Crippen molar-refractivity contribution in [1.29, 1.82) is 0 Å². The van der Waals surface area contributed by atoms with Crippen molar-refractivity contribution in [3.8, 4) is 0 Å². The number of carbonyl (C=O) groups is 2. The SMILES string of the molecule is CCc1oc(C(=O)NCc2ccc(C(C)C)cc2)cc1C(=O)O. The second-order valence-corrected chi connectivity index (χ2v) is 5.69. The van der Waals surface area contributed by atoms with Gasteiger partial charge in [0.25, 0.3) is 5.91 Å². The minimum atomic E-state index is -1.09. The van der Waals surface area contributed by atoms with Crippen LogP contribution in [0, 0.1) is 0 Å². The highest BCUT2D eigenvalue weighted by molar-refractivity contribution is 5.96. The third-order valence-corrected chi connectivity index (χ3v) is 3.68. The van der Waals surface area contributed by atoms with E-state index in [2.05, 4.69) is 19.2 Å². The Morgan fingerprint density at radius 2 is 1.87 bits per heavy atom. The summed E-state index contributed by atoms with van der Waals surface area (Å²) in [6.45, 7) is 6.39. The summed E-state index contributed by atoms with van der Waals surface area (Å²) in [4.78, 5) is 23.2. The molecule has 0 saturated carbocycles. The Kier molecular flexibility index (Phi) is 5.21. The summed E-state index contributed by atoms with van der Waals surface area (Å²) in [5.74, 6) is -0.709. The molecule has 2 N–H and O–H groups in total. The summed E-state index contributed by atoms with van der Waals surface area (Å²) in [6, 6.07) is 9.29. The van der Waals surface area contributed by atoms with Gasteiger partial charge in [-0.1, -0.05) is 45.0 Å². The largest absolute Gasteiger partial charge is 0.478 e. The average molecular weight is 315 g/mol.